The molecule has 1 unspecified atom stereocenters. The van der Waals surface area contributed by atoms with Crippen molar-refractivity contribution in [1.29, 1.82) is 0 Å². The third-order valence-electron chi connectivity index (χ3n) is 3.14. The van der Waals surface area contributed by atoms with Crippen LogP contribution in [0.1, 0.15) is 32.2 Å². The first-order valence-electron chi connectivity index (χ1n) is 6.81. The number of aromatic amines is 1. The van der Waals surface area contributed by atoms with E-state index in [1.54, 1.807) is 18.5 Å². The Hall–Kier alpha value is -1.28. The maximum atomic E-state index is 11.6. The summed E-state index contributed by atoms with van der Waals surface area (Å²) in [6.07, 6.45) is 2.70. The zero-order chi connectivity index (χ0) is 14.5. The Labute approximate surface area is 121 Å². The van der Waals surface area contributed by atoms with Crippen LogP contribution in [0.25, 0.3) is 0 Å². The number of carbonyl (C=O) groups is 1. The minimum atomic E-state index is -0.317. The van der Waals surface area contributed by atoms with Crippen molar-refractivity contribution in [3.63, 3.8) is 0 Å². The lowest BCUT2D eigenvalue weighted by Gasteiger charge is -2.14. The summed E-state index contributed by atoms with van der Waals surface area (Å²) in [6, 6.07) is -0.0172. The van der Waals surface area contributed by atoms with Crippen LogP contribution in [0.5, 0.6) is 0 Å². The molecule has 0 saturated heterocycles. The number of hydrogen-bond acceptors (Lipinski definition) is 6. The molecule has 1 heterocycles. The molecule has 2 rings (SSSR count). The number of thioether (sulfide) groups is 1. The number of H-pyrrole nitrogens is 1. The van der Waals surface area contributed by atoms with Gasteiger partial charge in [0.2, 0.25) is 0 Å². The normalized spacial score (nSPS) is 16.1. The van der Waals surface area contributed by atoms with Crippen molar-refractivity contribution in [2.45, 2.75) is 43.4 Å². The van der Waals surface area contributed by atoms with Crippen LogP contribution in [-0.4, -0.2) is 46.2 Å². The number of esters is 1. The van der Waals surface area contributed by atoms with Gasteiger partial charge < -0.3 is 10.1 Å². The van der Waals surface area contributed by atoms with Gasteiger partial charge in [-0.1, -0.05) is 11.8 Å². The summed E-state index contributed by atoms with van der Waals surface area (Å²) < 4.78 is 6.70. The molecule has 0 spiro atoms. The Kier molecular flexibility index (Phi) is 5.24. The zero-order valence-electron chi connectivity index (χ0n) is 11.7. The molecule has 1 aliphatic carbocycles. The van der Waals surface area contributed by atoms with Crippen LogP contribution >= 0.6 is 11.8 Å². The van der Waals surface area contributed by atoms with Gasteiger partial charge in [0.05, 0.1) is 6.61 Å². The van der Waals surface area contributed by atoms with E-state index in [1.807, 2.05) is 0 Å². The lowest BCUT2D eigenvalue weighted by Crippen LogP contribution is -2.36. The second kappa shape index (κ2) is 6.94. The Bertz CT molecular complexity index is 509. The quantitative estimate of drug-likeness (QED) is 0.538. The number of ether oxygens (including phenoxy) is 1. The predicted octanol–water partition coefficient (Wildman–Crippen LogP) is 0.540. The van der Waals surface area contributed by atoms with Gasteiger partial charge in [0.1, 0.15) is 6.04 Å². The first kappa shape index (κ1) is 15.1. The van der Waals surface area contributed by atoms with Crippen LogP contribution in [0.3, 0.4) is 0 Å². The number of nitrogens with zero attached hydrogens (tertiary/aromatic N) is 2. The maximum Gasteiger partial charge on any atom is 0.344 e. The van der Waals surface area contributed by atoms with E-state index in [-0.39, 0.29) is 17.7 Å². The fourth-order valence-corrected chi connectivity index (χ4v) is 2.96. The van der Waals surface area contributed by atoms with E-state index >= 15 is 0 Å². The van der Waals surface area contributed by atoms with Gasteiger partial charge in [0, 0.05) is 11.8 Å². The monoisotopic (exact) mass is 300 g/mol. The molecular formula is C12H20N4O3S. The average Bonchev–Trinajstić information content (AvgIpc) is 3.19. The molecule has 1 aliphatic rings. The smallest absolute Gasteiger partial charge is 0.344 e. The summed E-state index contributed by atoms with van der Waals surface area (Å²) in [7, 11) is 1.74. The maximum absolute atomic E-state index is 11.6. The molecule has 0 amide bonds. The highest BCUT2D eigenvalue weighted by Gasteiger charge is 2.28. The number of nitrogens with one attached hydrogen (secondary N) is 2. The molecule has 1 saturated carbocycles. The van der Waals surface area contributed by atoms with E-state index < -0.39 is 0 Å². The Balaban J connectivity index is 1.86. The van der Waals surface area contributed by atoms with E-state index in [0.29, 0.717) is 30.0 Å². The minimum absolute atomic E-state index is 0.148. The van der Waals surface area contributed by atoms with Crippen LogP contribution in [0.4, 0.5) is 0 Å². The molecule has 0 aliphatic heterocycles. The number of aromatic nitrogens is 3. The van der Waals surface area contributed by atoms with Gasteiger partial charge in [-0.05, 0) is 33.2 Å². The van der Waals surface area contributed by atoms with Crippen LogP contribution in [0.15, 0.2) is 9.95 Å². The Morgan fingerprint density at radius 2 is 2.40 bits per heavy atom. The van der Waals surface area contributed by atoms with Gasteiger partial charge >= 0.3 is 11.7 Å². The van der Waals surface area contributed by atoms with Crippen molar-refractivity contribution in [1.82, 2.24) is 20.1 Å². The van der Waals surface area contributed by atoms with E-state index in [2.05, 4.69) is 15.5 Å². The third-order valence-corrected chi connectivity index (χ3v) is 4.13. The van der Waals surface area contributed by atoms with Crippen LogP contribution in [0.2, 0.25) is 0 Å². The fourth-order valence-electron chi connectivity index (χ4n) is 1.94. The molecule has 1 aromatic heterocycles. The van der Waals surface area contributed by atoms with Gasteiger partial charge in [-0.2, -0.15) is 0 Å². The molecular weight excluding hydrogens is 280 g/mol. The SMILES string of the molecule is CCOC(=O)C(CCSc1n[nH]c(=O)n1C1CC1)NC. The van der Waals surface area contributed by atoms with Crippen molar-refractivity contribution in [2.24, 2.45) is 0 Å². The molecule has 2 N–H and O–H groups in total. The highest BCUT2D eigenvalue weighted by molar-refractivity contribution is 7.99. The number of hydrogen-bond donors (Lipinski definition) is 2. The average molecular weight is 300 g/mol. The van der Waals surface area contributed by atoms with Gasteiger partial charge in [-0.15, -0.1) is 5.10 Å². The highest BCUT2D eigenvalue weighted by atomic mass is 32.2. The Morgan fingerprint density at radius 3 is 3.00 bits per heavy atom. The summed E-state index contributed by atoms with van der Waals surface area (Å²) in [6.45, 7) is 2.17. The first-order valence-corrected chi connectivity index (χ1v) is 7.79. The lowest BCUT2D eigenvalue weighted by molar-refractivity contribution is -0.145. The Morgan fingerprint density at radius 1 is 1.65 bits per heavy atom. The number of likely N-dealkylation sites (N-methyl/N-ethyl adjacent to an activating group) is 1. The van der Waals surface area contributed by atoms with Crippen LogP contribution < -0.4 is 11.0 Å². The number of carbonyl (C=O) groups excluding carboxylic acids is 1. The lowest BCUT2D eigenvalue weighted by atomic mass is 10.2. The molecule has 20 heavy (non-hydrogen) atoms. The first-order chi connectivity index (χ1) is 9.67. The largest absolute Gasteiger partial charge is 0.465 e. The van der Waals surface area contributed by atoms with Crippen molar-refractivity contribution in [3.8, 4) is 0 Å². The highest BCUT2D eigenvalue weighted by Crippen LogP contribution is 2.36. The molecule has 0 bridgehead atoms. The number of rotatable bonds is 8. The summed E-state index contributed by atoms with van der Waals surface area (Å²) in [4.78, 5) is 23.2. The molecule has 1 aromatic rings. The zero-order valence-corrected chi connectivity index (χ0v) is 12.5. The van der Waals surface area contributed by atoms with Crippen molar-refractivity contribution >= 4 is 17.7 Å². The molecule has 8 heteroatoms. The van der Waals surface area contributed by atoms with Crippen molar-refractivity contribution in [2.75, 3.05) is 19.4 Å². The third kappa shape index (κ3) is 3.63. The van der Waals surface area contributed by atoms with E-state index in [4.69, 9.17) is 4.74 Å². The minimum Gasteiger partial charge on any atom is -0.465 e. The predicted molar refractivity (Wildman–Crippen MR) is 75.9 cm³/mol. The van der Waals surface area contributed by atoms with Gasteiger partial charge in [-0.3, -0.25) is 9.36 Å². The summed E-state index contributed by atoms with van der Waals surface area (Å²) in [5, 5.41) is 10.2. The molecule has 1 fully saturated rings. The molecule has 0 radical (unpaired) electrons. The van der Waals surface area contributed by atoms with Crippen molar-refractivity contribution < 1.29 is 9.53 Å². The molecule has 7 nitrogen and oxygen atoms in total. The second-order valence-electron chi connectivity index (χ2n) is 4.64. The summed E-state index contributed by atoms with van der Waals surface area (Å²) in [5.41, 5.74) is -0.148. The van der Waals surface area contributed by atoms with E-state index in [1.165, 1.54) is 11.8 Å². The topological polar surface area (TPSA) is 89.0 Å². The van der Waals surface area contributed by atoms with Crippen molar-refractivity contribution in [3.05, 3.63) is 10.5 Å². The molecule has 1 atom stereocenters. The molecule has 0 aromatic carbocycles. The molecule has 112 valence electrons. The second-order valence-corrected chi connectivity index (χ2v) is 5.71. The van der Waals surface area contributed by atoms with Crippen LogP contribution in [0, 0.1) is 0 Å². The standard InChI is InChI=1S/C12H20N4O3S/c1-3-19-10(17)9(13-2)6-7-20-12-15-14-11(18)16(12)8-4-5-8/h8-9,13H,3-7H2,1-2H3,(H,14,18). The van der Waals surface area contributed by atoms with Crippen LogP contribution in [-0.2, 0) is 9.53 Å². The van der Waals surface area contributed by atoms with Gasteiger partial charge in [0.25, 0.3) is 0 Å². The van der Waals surface area contributed by atoms with Gasteiger partial charge in [-0.25, -0.2) is 9.89 Å². The van der Waals surface area contributed by atoms with Gasteiger partial charge in [0.15, 0.2) is 5.16 Å². The summed E-state index contributed by atoms with van der Waals surface area (Å²) >= 11 is 1.49. The fraction of sp³-hybridized carbons (Fsp3) is 0.750. The summed E-state index contributed by atoms with van der Waals surface area (Å²) in [5.74, 6) is 0.457. The van der Waals surface area contributed by atoms with E-state index in [0.717, 1.165) is 12.8 Å². The van der Waals surface area contributed by atoms with E-state index in [9.17, 15) is 9.59 Å².